The van der Waals surface area contributed by atoms with E-state index in [1.807, 2.05) is 24.3 Å². The van der Waals surface area contributed by atoms with E-state index in [-0.39, 0.29) is 5.91 Å². The Morgan fingerprint density at radius 3 is 3.00 bits per heavy atom. The van der Waals surface area contributed by atoms with Gasteiger partial charge in [-0.05, 0) is 30.2 Å². The van der Waals surface area contributed by atoms with E-state index >= 15 is 0 Å². The number of carbonyl (C=O) groups is 1. The maximum atomic E-state index is 11.9. The quantitative estimate of drug-likeness (QED) is 0.889. The first-order valence-corrected chi connectivity index (χ1v) is 7.05. The summed E-state index contributed by atoms with van der Waals surface area (Å²) in [4.78, 5) is 11.9. The Balaban J connectivity index is 1.93. The molecule has 2 rings (SSSR count). The number of nitrogens with zero attached hydrogens (tertiary/aromatic N) is 1. The zero-order valence-electron chi connectivity index (χ0n) is 10.7. The van der Waals surface area contributed by atoms with E-state index in [1.54, 1.807) is 6.07 Å². The summed E-state index contributed by atoms with van der Waals surface area (Å²) in [5, 5.41) is 9.75. The molecule has 1 heterocycles. The van der Waals surface area contributed by atoms with Gasteiger partial charge in [0.2, 0.25) is 0 Å². The maximum absolute atomic E-state index is 11.9. The number of halogens is 1. The van der Waals surface area contributed by atoms with Crippen LogP contribution in [0.25, 0.3) is 0 Å². The van der Waals surface area contributed by atoms with Crippen molar-refractivity contribution in [1.29, 1.82) is 0 Å². The van der Waals surface area contributed by atoms with Crippen molar-refractivity contribution in [2.75, 3.05) is 0 Å². The number of nitrogens with one attached hydrogen (secondary N) is 2. The Bertz CT molecular complexity index is 565. The number of rotatable bonds is 5. The number of aromatic nitrogens is 2. The molecule has 1 aromatic heterocycles. The average molecular weight is 322 g/mol. The highest BCUT2D eigenvalue weighted by atomic mass is 79.9. The number of aryl methyl sites for hydroxylation is 1. The van der Waals surface area contributed by atoms with E-state index in [4.69, 9.17) is 0 Å². The van der Waals surface area contributed by atoms with E-state index in [1.165, 1.54) is 0 Å². The third kappa shape index (κ3) is 3.92. The van der Waals surface area contributed by atoms with Gasteiger partial charge in [0.25, 0.3) is 5.91 Å². The first-order chi connectivity index (χ1) is 9.19. The Morgan fingerprint density at radius 1 is 1.42 bits per heavy atom. The molecule has 100 valence electrons. The maximum Gasteiger partial charge on any atom is 0.272 e. The predicted molar refractivity (Wildman–Crippen MR) is 77.9 cm³/mol. The number of hydrogen-bond acceptors (Lipinski definition) is 2. The molecule has 0 bridgehead atoms. The van der Waals surface area contributed by atoms with Crippen molar-refractivity contribution in [2.24, 2.45) is 0 Å². The number of carbonyl (C=O) groups excluding carboxylic acids is 1. The lowest BCUT2D eigenvalue weighted by molar-refractivity contribution is 0.0946. The molecule has 2 N–H and O–H groups in total. The van der Waals surface area contributed by atoms with E-state index < -0.39 is 0 Å². The predicted octanol–water partition coefficient (Wildman–Crippen LogP) is 3.05. The zero-order valence-corrected chi connectivity index (χ0v) is 12.3. The standard InChI is InChI=1S/C14H16BrN3O/c1-2-4-12-8-13(18-17-12)14(19)16-9-10-5-3-6-11(15)7-10/h3,5-8H,2,4,9H2,1H3,(H,16,19)(H,17,18). The van der Waals surface area contributed by atoms with Crippen LogP contribution in [-0.2, 0) is 13.0 Å². The van der Waals surface area contributed by atoms with Crippen LogP contribution in [-0.4, -0.2) is 16.1 Å². The van der Waals surface area contributed by atoms with Gasteiger partial charge in [0.15, 0.2) is 0 Å². The summed E-state index contributed by atoms with van der Waals surface area (Å²) in [5.74, 6) is -0.154. The first-order valence-electron chi connectivity index (χ1n) is 6.26. The van der Waals surface area contributed by atoms with Crippen LogP contribution in [0, 0.1) is 0 Å². The van der Waals surface area contributed by atoms with Crippen molar-refractivity contribution < 1.29 is 4.79 Å². The van der Waals surface area contributed by atoms with Crippen LogP contribution >= 0.6 is 15.9 Å². The minimum absolute atomic E-state index is 0.154. The van der Waals surface area contributed by atoms with Gasteiger partial charge in [0, 0.05) is 16.7 Å². The molecule has 4 nitrogen and oxygen atoms in total. The highest BCUT2D eigenvalue weighted by molar-refractivity contribution is 9.10. The van der Waals surface area contributed by atoms with Crippen molar-refractivity contribution >= 4 is 21.8 Å². The number of aromatic amines is 1. The topological polar surface area (TPSA) is 57.8 Å². The molecular weight excluding hydrogens is 306 g/mol. The molecule has 0 saturated heterocycles. The highest BCUT2D eigenvalue weighted by Gasteiger charge is 2.09. The van der Waals surface area contributed by atoms with Gasteiger partial charge < -0.3 is 5.32 Å². The van der Waals surface area contributed by atoms with Gasteiger partial charge in [0.1, 0.15) is 5.69 Å². The minimum Gasteiger partial charge on any atom is -0.347 e. The number of hydrogen-bond donors (Lipinski definition) is 2. The monoisotopic (exact) mass is 321 g/mol. The van der Waals surface area contributed by atoms with Crippen LogP contribution < -0.4 is 5.32 Å². The number of amides is 1. The Kier molecular flexibility index (Phi) is 4.74. The lowest BCUT2D eigenvalue weighted by atomic mass is 10.2. The molecule has 0 aliphatic rings. The molecule has 0 atom stereocenters. The Labute approximate surface area is 120 Å². The average Bonchev–Trinajstić information content (AvgIpc) is 2.85. The largest absolute Gasteiger partial charge is 0.347 e. The molecule has 0 unspecified atom stereocenters. The molecule has 0 fully saturated rings. The molecule has 5 heteroatoms. The van der Waals surface area contributed by atoms with E-state index in [2.05, 4.69) is 38.4 Å². The van der Waals surface area contributed by atoms with E-state index in [0.717, 1.165) is 28.6 Å². The zero-order chi connectivity index (χ0) is 13.7. The second-order valence-corrected chi connectivity index (χ2v) is 5.26. The second kappa shape index (κ2) is 6.52. The van der Waals surface area contributed by atoms with Crippen molar-refractivity contribution in [1.82, 2.24) is 15.5 Å². The van der Waals surface area contributed by atoms with Gasteiger partial charge in [-0.25, -0.2) is 0 Å². The molecule has 0 aliphatic heterocycles. The molecule has 19 heavy (non-hydrogen) atoms. The second-order valence-electron chi connectivity index (χ2n) is 4.34. The lowest BCUT2D eigenvalue weighted by Gasteiger charge is -2.03. The highest BCUT2D eigenvalue weighted by Crippen LogP contribution is 2.11. The molecule has 0 radical (unpaired) electrons. The van der Waals surface area contributed by atoms with Gasteiger partial charge in [-0.2, -0.15) is 5.10 Å². The molecule has 0 saturated carbocycles. The summed E-state index contributed by atoms with van der Waals surface area (Å²) in [6.45, 7) is 2.59. The Morgan fingerprint density at radius 2 is 2.26 bits per heavy atom. The van der Waals surface area contributed by atoms with E-state index in [0.29, 0.717) is 12.2 Å². The lowest BCUT2D eigenvalue weighted by Crippen LogP contribution is -2.23. The van der Waals surface area contributed by atoms with Crippen LogP contribution in [0.1, 0.15) is 35.1 Å². The van der Waals surface area contributed by atoms with Crippen molar-refractivity contribution in [3.8, 4) is 0 Å². The van der Waals surface area contributed by atoms with Crippen molar-refractivity contribution in [3.05, 3.63) is 51.8 Å². The first kappa shape index (κ1) is 13.8. The van der Waals surface area contributed by atoms with Crippen LogP contribution in [0.3, 0.4) is 0 Å². The third-order valence-electron chi connectivity index (χ3n) is 2.72. The molecule has 0 aliphatic carbocycles. The fraction of sp³-hybridized carbons (Fsp3) is 0.286. The minimum atomic E-state index is -0.154. The summed E-state index contributed by atoms with van der Waals surface area (Å²) < 4.78 is 1.00. The molecule has 1 aromatic carbocycles. The van der Waals surface area contributed by atoms with Crippen LogP contribution in [0.2, 0.25) is 0 Å². The summed E-state index contributed by atoms with van der Waals surface area (Å²) in [7, 11) is 0. The SMILES string of the molecule is CCCc1cc(C(=O)NCc2cccc(Br)c2)n[nH]1. The van der Waals surface area contributed by atoms with Gasteiger partial charge >= 0.3 is 0 Å². The van der Waals surface area contributed by atoms with Crippen molar-refractivity contribution in [2.45, 2.75) is 26.3 Å². The summed E-state index contributed by atoms with van der Waals surface area (Å²) >= 11 is 3.40. The smallest absolute Gasteiger partial charge is 0.272 e. The number of H-pyrrole nitrogens is 1. The van der Waals surface area contributed by atoms with E-state index in [9.17, 15) is 4.79 Å². The normalized spacial score (nSPS) is 10.4. The third-order valence-corrected chi connectivity index (χ3v) is 3.22. The fourth-order valence-electron chi connectivity index (χ4n) is 1.80. The molecule has 2 aromatic rings. The van der Waals surface area contributed by atoms with Crippen molar-refractivity contribution in [3.63, 3.8) is 0 Å². The van der Waals surface area contributed by atoms with Crippen LogP contribution in [0.4, 0.5) is 0 Å². The molecule has 0 spiro atoms. The Hall–Kier alpha value is -1.62. The summed E-state index contributed by atoms with van der Waals surface area (Å²) in [6, 6.07) is 9.65. The summed E-state index contributed by atoms with van der Waals surface area (Å²) in [6.07, 6.45) is 1.94. The van der Waals surface area contributed by atoms with Gasteiger partial charge in [0.05, 0.1) is 0 Å². The van der Waals surface area contributed by atoms with Gasteiger partial charge in [-0.15, -0.1) is 0 Å². The molecule has 1 amide bonds. The molecular formula is C14H16BrN3O. The van der Waals surface area contributed by atoms with Gasteiger partial charge in [-0.1, -0.05) is 41.4 Å². The summed E-state index contributed by atoms with van der Waals surface area (Å²) in [5.41, 5.74) is 2.49. The van der Waals surface area contributed by atoms with Gasteiger partial charge in [-0.3, -0.25) is 9.89 Å². The van der Waals surface area contributed by atoms with Crippen LogP contribution in [0.15, 0.2) is 34.8 Å². The van der Waals surface area contributed by atoms with Crippen LogP contribution in [0.5, 0.6) is 0 Å². The number of benzene rings is 1. The fourth-order valence-corrected chi connectivity index (χ4v) is 2.24.